The Labute approximate surface area is 136 Å². The molecular weight excluding hydrogens is 326 g/mol. The summed E-state index contributed by atoms with van der Waals surface area (Å²) in [6, 6.07) is 2.96. The Morgan fingerprint density at radius 1 is 1.35 bits per heavy atom. The summed E-state index contributed by atoms with van der Waals surface area (Å²) in [4.78, 5) is 27.0. The first kappa shape index (κ1) is 16.2. The quantitative estimate of drug-likeness (QED) is 0.895. The molecule has 0 aromatic heterocycles. The van der Waals surface area contributed by atoms with Crippen LogP contribution in [-0.4, -0.2) is 57.5 Å². The van der Waals surface area contributed by atoms with Gasteiger partial charge in [-0.25, -0.2) is 8.78 Å². The lowest BCUT2D eigenvalue weighted by molar-refractivity contribution is -0.138. The zero-order valence-corrected chi connectivity index (χ0v) is 13.1. The van der Waals surface area contributed by atoms with Gasteiger partial charge >= 0.3 is 0 Å². The number of carbonyl (C=O) groups is 2. The Bertz CT molecular complexity index is 643. The van der Waals surface area contributed by atoms with Crippen LogP contribution in [0.4, 0.5) is 8.78 Å². The largest absolute Gasteiger partial charge is 0.391 e. The van der Waals surface area contributed by atoms with E-state index in [-0.39, 0.29) is 31.3 Å². The highest BCUT2D eigenvalue weighted by molar-refractivity contribution is 8.00. The third-order valence-corrected chi connectivity index (χ3v) is 5.02. The molecule has 1 aromatic rings. The van der Waals surface area contributed by atoms with E-state index in [9.17, 15) is 23.5 Å². The van der Waals surface area contributed by atoms with Gasteiger partial charge in [0, 0.05) is 6.54 Å². The van der Waals surface area contributed by atoms with Gasteiger partial charge in [-0.15, -0.1) is 11.8 Å². The minimum Gasteiger partial charge on any atom is -0.391 e. The Morgan fingerprint density at radius 3 is 2.78 bits per heavy atom. The number of aliphatic hydroxyl groups excluding tert-OH is 1. The normalized spacial score (nSPS) is 24.6. The molecule has 0 aliphatic carbocycles. The second-order valence-electron chi connectivity index (χ2n) is 5.69. The van der Waals surface area contributed by atoms with Crippen LogP contribution in [0.2, 0.25) is 0 Å². The number of benzene rings is 1. The molecule has 1 aromatic carbocycles. The molecule has 124 valence electrons. The van der Waals surface area contributed by atoms with Crippen molar-refractivity contribution in [3.8, 4) is 0 Å². The highest BCUT2D eigenvalue weighted by Crippen LogP contribution is 2.33. The molecule has 5 nitrogen and oxygen atoms in total. The van der Waals surface area contributed by atoms with Gasteiger partial charge in [-0.05, 0) is 24.1 Å². The van der Waals surface area contributed by atoms with Crippen LogP contribution in [0.1, 0.15) is 18.0 Å². The molecule has 1 N–H and O–H groups in total. The summed E-state index contributed by atoms with van der Waals surface area (Å²) in [6.45, 7) is 0.0659. The number of likely N-dealkylation sites (tertiary alicyclic amines) is 1. The SMILES string of the molecule is O=C1CSCN1CC(=O)N1CC(O)CC1c1ccc(F)c(F)c1. The van der Waals surface area contributed by atoms with Crippen LogP contribution in [0.15, 0.2) is 18.2 Å². The summed E-state index contributed by atoms with van der Waals surface area (Å²) >= 11 is 1.44. The number of carbonyl (C=O) groups excluding carboxylic acids is 2. The number of hydrogen-bond donors (Lipinski definition) is 1. The third kappa shape index (κ3) is 3.32. The maximum Gasteiger partial charge on any atom is 0.242 e. The first-order valence-corrected chi connectivity index (χ1v) is 8.39. The lowest BCUT2D eigenvalue weighted by atomic mass is 10.0. The highest BCUT2D eigenvalue weighted by atomic mass is 32.2. The summed E-state index contributed by atoms with van der Waals surface area (Å²) in [6.07, 6.45) is -0.458. The van der Waals surface area contributed by atoms with Crippen LogP contribution >= 0.6 is 11.8 Å². The smallest absolute Gasteiger partial charge is 0.242 e. The average Bonchev–Trinajstić information content (AvgIpc) is 3.08. The van der Waals surface area contributed by atoms with E-state index in [0.29, 0.717) is 17.2 Å². The van der Waals surface area contributed by atoms with Crippen molar-refractivity contribution in [1.82, 2.24) is 9.80 Å². The van der Waals surface area contributed by atoms with Crippen molar-refractivity contribution in [2.75, 3.05) is 24.7 Å². The monoisotopic (exact) mass is 342 g/mol. The second kappa shape index (κ2) is 6.45. The Kier molecular flexibility index (Phi) is 4.54. The molecule has 23 heavy (non-hydrogen) atoms. The maximum atomic E-state index is 13.4. The Balaban J connectivity index is 1.77. The first-order chi connectivity index (χ1) is 11.0. The van der Waals surface area contributed by atoms with Crippen LogP contribution in [-0.2, 0) is 9.59 Å². The average molecular weight is 342 g/mol. The third-order valence-electron chi connectivity index (χ3n) is 4.08. The number of halogens is 2. The molecule has 0 saturated carbocycles. The Morgan fingerprint density at radius 2 is 2.13 bits per heavy atom. The van der Waals surface area contributed by atoms with Crippen molar-refractivity contribution < 1.29 is 23.5 Å². The van der Waals surface area contributed by atoms with Crippen molar-refractivity contribution in [2.45, 2.75) is 18.6 Å². The van der Waals surface area contributed by atoms with Crippen LogP contribution in [0.3, 0.4) is 0 Å². The topological polar surface area (TPSA) is 60.9 Å². The van der Waals surface area contributed by atoms with E-state index in [2.05, 4.69) is 0 Å². The molecule has 0 bridgehead atoms. The lowest BCUT2D eigenvalue weighted by Crippen LogP contribution is -2.41. The first-order valence-electron chi connectivity index (χ1n) is 7.23. The second-order valence-corrected chi connectivity index (χ2v) is 6.65. The Hall–Kier alpha value is -1.67. The number of amides is 2. The van der Waals surface area contributed by atoms with Gasteiger partial charge in [-0.3, -0.25) is 9.59 Å². The van der Waals surface area contributed by atoms with Gasteiger partial charge in [-0.2, -0.15) is 0 Å². The molecule has 0 radical (unpaired) electrons. The minimum atomic E-state index is -0.984. The van der Waals surface area contributed by atoms with E-state index in [1.54, 1.807) is 0 Å². The predicted molar refractivity (Wildman–Crippen MR) is 80.5 cm³/mol. The summed E-state index contributed by atoms with van der Waals surface area (Å²) in [5.41, 5.74) is 0.441. The number of aliphatic hydroxyl groups is 1. The van der Waals surface area contributed by atoms with Crippen molar-refractivity contribution >= 4 is 23.6 Å². The van der Waals surface area contributed by atoms with E-state index in [4.69, 9.17) is 0 Å². The molecule has 3 rings (SSSR count). The zero-order chi connectivity index (χ0) is 16.6. The number of thioether (sulfide) groups is 1. The predicted octanol–water partition coefficient (Wildman–Crippen LogP) is 1.13. The fraction of sp³-hybridized carbons (Fsp3) is 0.467. The van der Waals surface area contributed by atoms with Gasteiger partial charge in [0.2, 0.25) is 11.8 Å². The van der Waals surface area contributed by atoms with E-state index in [0.717, 1.165) is 12.1 Å². The van der Waals surface area contributed by atoms with Crippen molar-refractivity contribution in [1.29, 1.82) is 0 Å². The summed E-state index contributed by atoms with van der Waals surface area (Å²) < 4.78 is 26.5. The van der Waals surface area contributed by atoms with Crippen LogP contribution < -0.4 is 0 Å². The number of hydrogen-bond acceptors (Lipinski definition) is 4. The van der Waals surface area contributed by atoms with Crippen LogP contribution in [0.25, 0.3) is 0 Å². The number of β-amino-alcohol motifs (C(OH)–C–C–N with tert-alkyl or cyclic N) is 1. The van der Waals surface area contributed by atoms with E-state index < -0.39 is 23.8 Å². The van der Waals surface area contributed by atoms with Gasteiger partial charge in [-0.1, -0.05) is 6.07 Å². The van der Waals surface area contributed by atoms with Crippen LogP contribution in [0, 0.1) is 11.6 Å². The maximum absolute atomic E-state index is 13.4. The summed E-state index contributed by atoms with van der Waals surface area (Å²) in [5, 5.41) is 9.87. The molecule has 2 aliphatic heterocycles. The fourth-order valence-corrected chi connectivity index (χ4v) is 3.82. The van der Waals surface area contributed by atoms with E-state index in [1.807, 2.05) is 0 Å². The molecule has 2 atom stereocenters. The van der Waals surface area contributed by atoms with Crippen molar-refractivity contribution in [2.24, 2.45) is 0 Å². The summed E-state index contributed by atoms with van der Waals surface area (Å²) in [7, 11) is 0. The van der Waals surface area contributed by atoms with Crippen molar-refractivity contribution in [3.63, 3.8) is 0 Å². The molecule has 2 amide bonds. The molecule has 0 spiro atoms. The summed E-state index contributed by atoms with van der Waals surface area (Å²) in [5.74, 6) is -1.49. The fourth-order valence-electron chi connectivity index (χ4n) is 2.92. The van der Waals surface area contributed by atoms with Gasteiger partial charge in [0.15, 0.2) is 11.6 Å². The molecule has 2 aliphatic rings. The van der Waals surface area contributed by atoms with E-state index in [1.165, 1.54) is 27.6 Å². The van der Waals surface area contributed by atoms with Crippen LogP contribution in [0.5, 0.6) is 0 Å². The zero-order valence-electron chi connectivity index (χ0n) is 12.2. The molecule has 2 fully saturated rings. The molecular formula is C15H16F2N2O3S. The molecule has 2 saturated heterocycles. The number of nitrogens with zero attached hydrogens (tertiary/aromatic N) is 2. The molecule has 8 heteroatoms. The molecule has 2 unspecified atom stereocenters. The standard InChI is InChI=1S/C15H16F2N2O3S/c16-11-2-1-9(3-12(11)17)13-4-10(20)5-19(13)14(21)6-18-8-23-7-15(18)22/h1-3,10,13,20H,4-8H2. The van der Waals surface area contributed by atoms with Gasteiger partial charge < -0.3 is 14.9 Å². The van der Waals surface area contributed by atoms with Gasteiger partial charge in [0.1, 0.15) is 6.54 Å². The number of rotatable bonds is 3. The van der Waals surface area contributed by atoms with Crippen molar-refractivity contribution in [3.05, 3.63) is 35.4 Å². The molecule has 2 heterocycles. The van der Waals surface area contributed by atoms with Gasteiger partial charge in [0.05, 0.1) is 23.8 Å². The van der Waals surface area contributed by atoms with E-state index >= 15 is 0 Å². The highest BCUT2D eigenvalue weighted by Gasteiger charge is 2.37. The van der Waals surface area contributed by atoms with Gasteiger partial charge in [0.25, 0.3) is 0 Å². The lowest BCUT2D eigenvalue weighted by Gasteiger charge is -2.27. The minimum absolute atomic E-state index is 0.0568.